The molecule has 6 nitrogen and oxygen atoms in total. The summed E-state index contributed by atoms with van der Waals surface area (Å²) in [6, 6.07) is 0. The highest BCUT2D eigenvalue weighted by molar-refractivity contribution is 5.71. The number of unbranched alkanes of at least 4 members (excludes halogenated alkanes) is 29. The monoisotopic (exact) mass is 1150 g/mol. The van der Waals surface area contributed by atoms with E-state index in [1.807, 2.05) is 6.08 Å². The Bertz CT molecular complexity index is 1750. The van der Waals surface area contributed by atoms with Gasteiger partial charge in [0, 0.05) is 19.3 Å². The molecule has 0 heterocycles. The first kappa shape index (κ1) is 78.5. The lowest BCUT2D eigenvalue weighted by atomic mass is 10.0. The Balaban J connectivity index is 4.26. The number of hydrogen-bond acceptors (Lipinski definition) is 6. The van der Waals surface area contributed by atoms with Gasteiger partial charge in [-0.1, -0.05) is 309 Å². The molecular formula is C77H128O6. The van der Waals surface area contributed by atoms with E-state index in [4.69, 9.17) is 14.2 Å². The maximum atomic E-state index is 12.9. The van der Waals surface area contributed by atoms with Gasteiger partial charge in [-0.25, -0.2) is 0 Å². The van der Waals surface area contributed by atoms with Crippen LogP contribution in [0.1, 0.15) is 316 Å². The minimum absolute atomic E-state index is 0.102. The number of hydrogen-bond donors (Lipinski definition) is 0. The normalized spacial score (nSPS) is 13.0. The van der Waals surface area contributed by atoms with Gasteiger partial charge in [0.25, 0.3) is 0 Å². The highest BCUT2D eigenvalue weighted by atomic mass is 16.6. The van der Waals surface area contributed by atoms with Gasteiger partial charge in [0.2, 0.25) is 0 Å². The van der Waals surface area contributed by atoms with Gasteiger partial charge < -0.3 is 14.2 Å². The van der Waals surface area contributed by atoms with E-state index in [1.54, 1.807) is 0 Å². The second-order valence-electron chi connectivity index (χ2n) is 22.7. The molecule has 0 saturated heterocycles. The second-order valence-corrected chi connectivity index (χ2v) is 22.7. The minimum atomic E-state index is -0.812. The summed E-state index contributed by atoms with van der Waals surface area (Å²) >= 11 is 0. The first-order valence-corrected chi connectivity index (χ1v) is 34.7. The van der Waals surface area contributed by atoms with Gasteiger partial charge in [-0.3, -0.25) is 14.4 Å². The van der Waals surface area contributed by atoms with E-state index in [0.717, 1.165) is 103 Å². The molecule has 0 radical (unpaired) electrons. The fraction of sp³-hybridized carbons (Fsp3) is 0.675. The average molecular weight is 1150 g/mol. The van der Waals surface area contributed by atoms with E-state index >= 15 is 0 Å². The van der Waals surface area contributed by atoms with E-state index in [-0.39, 0.29) is 37.5 Å². The lowest BCUT2D eigenvalue weighted by Gasteiger charge is -2.18. The molecule has 1 unspecified atom stereocenters. The molecule has 0 amide bonds. The van der Waals surface area contributed by atoms with Crippen LogP contribution < -0.4 is 0 Å². The quantitative estimate of drug-likeness (QED) is 0.0261. The summed E-state index contributed by atoms with van der Waals surface area (Å²) in [5, 5.41) is 0. The maximum absolute atomic E-state index is 12.9. The van der Waals surface area contributed by atoms with Crippen LogP contribution in [0, 0.1) is 0 Å². The Kier molecular flexibility index (Phi) is 66.3. The third-order valence-corrected chi connectivity index (χ3v) is 14.6. The first-order chi connectivity index (χ1) is 41.0. The molecule has 0 spiro atoms. The summed E-state index contributed by atoms with van der Waals surface area (Å²) in [6.07, 6.45) is 99.3. The van der Waals surface area contributed by atoms with Crippen molar-refractivity contribution in [1.82, 2.24) is 0 Å². The maximum Gasteiger partial charge on any atom is 0.306 e. The zero-order chi connectivity index (χ0) is 59.9. The predicted octanol–water partition coefficient (Wildman–Crippen LogP) is 24.1. The third kappa shape index (κ3) is 68.2. The van der Waals surface area contributed by atoms with Crippen LogP contribution >= 0.6 is 0 Å². The Hall–Kier alpha value is -4.45. The van der Waals surface area contributed by atoms with Crippen molar-refractivity contribution in [2.75, 3.05) is 13.2 Å². The van der Waals surface area contributed by atoms with Crippen molar-refractivity contribution in [3.8, 4) is 0 Å². The van der Waals surface area contributed by atoms with Crippen LogP contribution in [0.15, 0.2) is 134 Å². The van der Waals surface area contributed by atoms with Gasteiger partial charge in [-0.2, -0.15) is 0 Å². The first-order valence-electron chi connectivity index (χ1n) is 34.7. The van der Waals surface area contributed by atoms with Gasteiger partial charge in [0.05, 0.1) is 0 Å². The molecule has 83 heavy (non-hydrogen) atoms. The van der Waals surface area contributed by atoms with Crippen LogP contribution in [0.5, 0.6) is 0 Å². The van der Waals surface area contributed by atoms with E-state index in [9.17, 15) is 14.4 Å². The molecule has 472 valence electrons. The van der Waals surface area contributed by atoms with Crippen LogP contribution in [-0.4, -0.2) is 37.2 Å². The van der Waals surface area contributed by atoms with Crippen molar-refractivity contribution in [2.24, 2.45) is 0 Å². The molecule has 1 atom stereocenters. The van der Waals surface area contributed by atoms with Crippen LogP contribution in [-0.2, 0) is 28.6 Å². The predicted molar refractivity (Wildman–Crippen MR) is 362 cm³/mol. The number of allylic oxidation sites excluding steroid dienone is 22. The number of rotatable bonds is 62. The van der Waals surface area contributed by atoms with Crippen molar-refractivity contribution in [1.29, 1.82) is 0 Å². The molecule has 6 heteroatoms. The highest BCUT2D eigenvalue weighted by Gasteiger charge is 2.19. The zero-order valence-electron chi connectivity index (χ0n) is 54.2. The van der Waals surface area contributed by atoms with E-state index in [0.29, 0.717) is 19.3 Å². The van der Waals surface area contributed by atoms with Crippen molar-refractivity contribution >= 4 is 17.9 Å². The topological polar surface area (TPSA) is 78.9 Å². The number of carbonyl (C=O) groups excluding carboxylic acids is 3. The van der Waals surface area contributed by atoms with Crippen LogP contribution in [0.3, 0.4) is 0 Å². The van der Waals surface area contributed by atoms with Gasteiger partial charge >= 0.3 is 17.9 Å². The average Bonchev–Trinajstić information content (AvgIpc) is 3.49. The van der Waals surface area contributed by atoms with Crippen LogP contribution in [0.25, 0.3) is 0 Å². The smallest absolute Gasteiger partial charge is 0.306 e. The van der Waals surface area contributed by atoms with Crippen molar-refractivity contribution in [2.45, 2.75) is 322 Å². The largest absolute Gasteiger partial charge is 0.462 e. The standard InChI is InChI=1S/C77H128O6/c1-4-7-10-13-16-19-22-25-27-29-31-32-33-34-35-36-37-38-39-40-41-42-43-44-46-47-49-52-55-58-61-64-67-70-76(79)82-73-74(72-81-75(78)69-66-63-60-57-54-51-24-21-18-15-12-9-6-3)83-77(80)71-68-65-62-59-56-53-50-48-45-30-28-26-23-20-17-14-11-8-5-2/h7,9-10,12,16,18-19,21,25-28,31-32,34-35,37-38,51,54,60,63,74H,4-6,8,11,13-15,17,20,22-24,29-30,33,36,39-50,52-53,55-59,61-62,64-73H2,1-3H3/b10-7-,12-9-,19-16-,21-18-,27-25-,28-26-,32-31-,35-34-,38-37-,54-51-,63-60-. The third-order valence-electron chi connectivity index (χ3n) is 14.6. The molecule has 0 aliphatic carbocycles. The summed E-state index contributed by atoms with van der Waals surface area (Å²) in [7, 11) is 0. The van der Waals surface area contributed by atoms with Crippen molar-refractivity contribution < 1.29 is 28.6 Å². The molecule has 0 N–H and O–H groups in total. The SMILES string of the molecule is CC/C=C\C/C=C\C/C=C\C/C=C\C/C=C\C/C=C\CCCCCCCCCCCCCCCCC(=O)OCC(COC(=O)CC/C=C\C/C=C\C/C=C\C/C=C\CC)OC(=O)CCCCCCCCCCC/C=C\CCCCCCCC. The molecule has 0 fully saturated rings. The van der Waals surface area contributed by atoms with Gasteiger partial charge in [0.1, 0.15) is 13.2 Å². The highest BCUT2D eigenvalue weighted by Crippen LogP contribution is 2.16. The van der Waals surface area contributed by atoms with Gasteiger partial charge in [-0.05, 0) is 122 Å². The summed E-state index contributed by atoms with van der Waals surface area (Å²) in [6.45, 7) is 6.36. The zero-order valence-corrected chi connectivity index (χ0v) is 54.2. The lowest BCUT2D eigenvalue weighted by molar-refractivity contribution is -0.166. The summed E-state index contributed by atoms with van der Waals surface area (Å²) in [4.78, 5) is 38.3. The van der Waals surface area contributed by atoms with E-state index in [2.05, 4.69) is 148 Å². The molecule has 0 aromatic heterocycles. The number of ether oxygens (including phenoxy) is 3. The molecule has 0 aliphatic heterocycles. The fourth-order valence-electron chi connectivity index (χ4n) is 9.52. The molecule has 0 bridgehead atoms. The lowest BCUT2D eigenvalue weighted by Crippen LogP contribution is -2.30. The minimum Gasteiger partial charge on any atom is -0.462 e. The molecule has 0 aliphatic rings. The molecular weight excluding hydrogens is 1020 g/mol. The summed E-state index contributed by atoms with van der Waals surface area (Å²) in [5.74, 6) is -0.982. The van der Waals surface area contributed by atoms with Gasteiger partial charge in [-0.15, -0.1) is 0 Å². The Labute approximate surface area is 513 Å². The fourth-order valence-corrected chi connectivity index (χ4v) is 9.52. The van der Waals surface area contributed by atoms with Crippen molar-refractivity contribution in [3.63, 3.8) is 0 Å². The van der Waals surface area contributed by atoms with Crippen molar-refractivity contribution in [3.05, 3.63) is 134 Å². The van der Waals surface area contributed by atoms with Gasteiger partial charge in [0.15, 0.2) is 6.10 Å². The molecule has 0 saturated carbocycles. The Morgan fingerprint density at radius 2 is 0.494 bits per heavy atom. The number of esters is 3. The van der Waals surface area contributed by atoms with E-state index < -0.39 is 6.10 Å². The van der Waals surface area contributed by atoms with Crippen LogP contribution in [0.4, 0.5) is 0 Å². The van der Waals surface area contributed by atoms with Crippen LogP contribution in [0.2, 0.25) is 0 Å². The summed E-state index contributed by atoms with van der Waals surface area (Å²) < 4.78 is 16.9. The number of carbonyl (C=O) groups is 3. The molecule has 0 rings (SSSR count). The Morgan fingerprint density at radius 1 is 0.253 bits per heavy atom. The summed E-state index contributed by atoms with van der Waals surface area (Å²) in [5.41, 5.74) is 0. The second kappa shape index (κ2) is 70.0. The molecule has 0 aromatic carbocycles. The Morgan fingerprint density at radius 3 is 0.819 bits per heavy atom. The molecule has 0 aromatic rings. The van der Waals surface area contributed by atoms with E-state index in [1.165, 1.54) is 167 Å².